The second-order valence-electron chi connectivity index (χ2n) is 4.37. The minimum Gasteiger partial charge on any atom is -0.497 e. The number of anilines is 1. The van der Waals surface area contributed by atoms with Crippen molar-refractivity contribution in [2.24, 2.45) is 0 Å². The Hall–Kier alpha value is -2.10. The SMILES string of the molecule is CCCNc1cc(C)nc(-c2ccc(OC)cc2)n1. The van der Waals surface area contributed by atoms with Gasteiger partial charge in [-0.15, -0.1) is 0 Å². The molecule has 0 spiro atoms. The van der Waals surface area contributed by atoms with Crippen LogP contribution in [0.5, 0.6) is 5.75 Å². The summed E-state index contributed by atoms with van der Waals surface area (Å²) in [6, 6.07) is 9.73. The van der Waals surface area contributed by atoms with E-state index in [-0.39, 0.29) is 0 Å². The fraction of sp³-hybridized carbons (Fsp3) is 0.333. The Labute approximate surface area is 113 Å². The van der Waals surface area contributed by atoms with Crippen LogP contribution in [0, 0.1) is 6.92 Å². The molecule has 0 atom stereocenters. The molecule has 0 saturated carbocycles. The Bertz CT molecular complexity index is 538. The fourth-order valence-electron chi connectivity index (χ4n) is 1.78. The lowest BCUT2D eigenvalue weighted by Crippen LogP contribution is -2.04. The van der Waals surface area contributed by atoms with E-state index in [9.17, 15) is 0 Å². The van der Waals surface area contributed by atoms with Gasteiger partial charge in [0, 0.05) is 23.9 Å². The summed E-state index contributed by atoms with van der Waals surface area (Å²) in [4.78, 5) is 9.01. The Morgan fingerprint density at radius 3 is 2.53 bits per heavy atom. The predicted molar refractivity (Wildman–Crippen MR) is 77.5 cm³/mol. The molecule has 2 aromatic rings. The van der Waals surface area contributed by atoms with Crippen molar-refractivity contribution in [3.05, 3.63) is 36.0 Å². The maximum absolute atomic E-state index is 5.15. The smallest absolute Gasteiger partial charge is 0.161 e. The molecular weight excluding hydrogens is 238 g/mol. The van der Waals surface area contributed by atoms with Gasteiger partial charge < -0.3 is 10.1 Å². The summed E-state index contributed by atoms with van der Waals surface area (Å²) < 4.78 is 5.15. The molecule has 0 radical (unpaired) electrons. The third-order valence-electron chi connectivity index (χ3n) is 2.76. The number of aromatic nitrogens is 2. The van der Waals surface area contributed by atoms with Crippen molar-refractivity contribution in [2.75, 3.05) is 19.0 Å². The number of nitrogens with one attached hydrogen (secondary N) is 1. The summed E-state index contributed by atoms with van der Waals surface area (Å²) in [5, 5.41) is 3.29. The standard InChI is InChI=1S/C15H19N3O/c1-4-9-16-14-10-11(2)17-15(18-14)12-5-7-13(19-3)8-6-12/h5-8,10H,4,9H2,1-3H3,(H,16,17,18). The molecule has 0 amide bonds. The highest BCUT2D eigenvalue weighted by molar-refractivity contribution is 5.58. The largest absolute Gasteiger partial charge is 0.497 e. The zero-order chi connectivity index (χ0) is 13.7. The first-order valence-electron chi connectivity index (χ1n) is 6.47. The van der Waals surface area contributed by atoms with Gasteiger partial charge in [-0.05, 0) is 37.6 Å². The van der Waals surface area contributed by atoms with Crippen molar-refractivity contribution in [3.63, 3.8) is 0 Å². The Morgan fingerprint density at radius 1 is 1.16 bits per heavy atom. The van der Waals surface area contributed by atoms with Crippen molar-refractivity contribution in [1.82, 2.24) is 9.97 Å². The summed E-state index contributed by atoms with van der Waals surface area (Å²) in [5.74, 6) is 2.45. The third kappa shape index (κ3) is 3.44. The second kappa shape index (κ2) is 6.18. The monoisotopic (exact) mass is 257 g/mol. The van der Waals surface area contributed by atoms with Gasteiger partial charge in [-0.25, -0.2) is 9.97 Å². The van der Waals surface area contributed by atoms with Crippen LogP contribution in [0.2, 0.25) is 0 Å². The highest BCUT2D eigenvalue weighted by atomic mass is 16.5. The van der Waals surface area contributed by atoms with Crippen LogP contribution in [0.1, 0.15) is 19.0 Å². The third-order valence-corrected chi connectivity index (χ3v) is 2.76. The quantitative estimate of drug-likeness (QED) is 0.893. The molecule has 0 fully saturated rings. The van der Waals surface area contributed by atoms with Crippen LogP contribution in [-0.4, -0.2) is 23.6 Å². The second-order valence-corrected chi connectivity index (χ2v) is 4.37. The number of hydrogen-bond acceptors (Lipinski definition) is 4. The van der Waals surface area contributed by atoms with E-state index in [1.807, 2.05) is 37.3 Å². The molecule has 0 aliphatic carbocycles. The molecular formula is C15H19N3O. The van der Waals surface area contributed by atoms with Gasteiger partial charge in [0.1, 0.15) is 11.6 Å². The summed E-state index contributed by atoms with van der Waals surface area (Å²) in [6.45, 7) is 5.02. The van der Waals surface area contributed by atoms with Crippen LogP contribution in [0.25, 0.3) is 11.4 Å². The molecule has 0 bridgehead atoms. The first-order chi connectivity index (χ1) is 9.22. The molecule has 1 aromatic heterocycles. The summed E-state index contributed by atoms with van der Waals surface area (Å²) in [6.07, 6.45) is 1.07. The Morgan fingerprint density at radius 2 is 1.89 bits per heavy atom. The number of aryl methyl sites for hydroxylation is 1. The van der Waals surface area contributed by atoms with Crippen molar-refractivity contribution < 1.29 is 4.74 Å². The number of ether oxygens (including phenoxy) is 1. The van der Waals surface area contributed by atoms with Gasteiger partial charge in [-0.3, -0.25) is 0 Å². The van der Waals surface area contributed by atoms with Gasteiger partial charge in [0.25, 0.3) is 0 Å². The van der Waals surface area contributed by atoms with E-state index in [0.717, 1.165) is 41.6 Å². The van der Waals surface area contributed by atoms with E-state index in [4.69, 9.17) is 4.74 Å². The summed E-state index contributed by atoms with van der Waals surface area (Å²) in [5.41, 5.74) is 1.95. The molecule has 1 heterocycles. The highest BCUT2D eigenvalue weighted by Crippen LogP contribution is 2.21. The zero-order valence-corrected chi connectivity index (χ0v) is 11.6. The summed E-state index contributed by atoms with van der Waals surface area (Å²) in [7, 11) is 1.66. The van der Waals surface area contributed by atoms with E-state index >= 15 is 0 Å². The predicted octanol–water partition coefficient (Wildman–Crippen LogP) is 3.28. The van der Waals surface area contributed by atoms with Crippen molar-refractivity contribution in [1.29, 1.82) is 0 Å². The maximum Gasteiger partial charge on any atom is 0.161 e. The number of nitrogens with zero attached hydrogens (tertiary/aromatic N) is 2. The average Bonchev–Trinajstić information content (AvgIpc) is 2.44. The van der Waals surface area contributed by atoms with Crippen LogP contribution in [0.15, 0.2) is 30.3 Å². The van der Waals surface area contributed by atoms with Gasteiger partial charge in [0.05, 0.1) is 7.11 Å². The first kappa shape index (κ1) is 13.3. The molecule has 100 valence electrons. The van der Waals surface area contributed by atoms with Gasteiger partial charge in [-0.1, -0.05) is 6.92 Å². The number of hydrogen-bond donors (Lipinski definition) is 1. The maximum atomic E-state index is 5.15. The molecule has 1 aromatic carbocycles. The Kier molecular flexibility index (Phi) is 4.34. The lowest BCUT2D eigenvalue weighted by molar-refractivity contribution is 0.415. The van der Waals surface area contributed by atoms with E-state index in [1.165, 1.54) is 0 Å². The normalized spacial score (nSPS) is 10.3. The lowest BCUT2D eigenvalue weighted by atomic mass is 10.2. The van der Waals surface area contributed by atoms with Crippen LogP contribution in [0.3, 0.4) is 0 Å². The molecule has 0 unspecified atom stereocenters. The van der Waals surface area contributed by atoms with Crippen LogP contribution in [-0.2, 0) is 0 Å². The zero-order valence-electron chi connectivity index (χ0n) is 11.6. The average molecular weight is 257 g/mol. The highest BCUT2D eigenvalue weighted by Gasteiger charge is 2.05. The minimum absolute atomic E-state index is 0.737. The fourth-order valence-corrected chi connectivity index (χ4v) is 1.78. The van der Waals surface area contributed by atoms with Crippen LogP contribution >= 0.6 is 0 Å². The van der Waals surface area contributed by atoms with Gasteiger partial charge in [0.2, 0.25) is 0 Å². The number of methoxy groups -OCH3 is 1. The topological polar surface area (TPSA) is 47.0 Å². The van der Waals surface area contributed by atoms with E-state index < -0.39 is 0 Å². The molecule has 0 saturated heterocycles. The number of rotatable bonds is 5. The van der Waals surface area contributed by atoms with Crippen molar-refractivity contribution in [2.45, 2.75) is 20.3 Å². The molecule has 0 aliphatic rings. The van der Waals surface area contributed by atoms with Crippen LogP contribution < -0.4 is 10.1 Å². The molecule has 2 rings (SSSR count). The van der Waals surface area contributed by atoms with Crippen molar-refractivity contribution in [3.8, 4) is 17.1 Å². The molecule has 4 nitrogen and oxygen atoms in total. The van der Waals surface area contributed by atoms with Gasteiger partial charge >= 0.3 is 0 Å². The van der Waals surface area contributed by atoms with Crippen molar-refractivity contribution >= 4 is 5.82 Å². The first-order valence-corrected chi connectivity index (χ1v) is 6.47. The van der Waals surface area contributed by atoms with Crippen LogP contribution in [0.4, 0.5) is 5.82 Å². The molecule has 1 N–H and O–H groups in total. The molecule has 0 aliphatic heterocycles. The minimum atomic E-state index is 0.737. The number of benzene rings is 1. The van der Waals surface area contributed by atoms with Gasteiger partial charge in [0.15, 0.2) is 5.82 Å². The molecule has 4 heteroatoms. The van der Waals surface area contributed by atoms with E-state index in [2.05, 4.69) is 22.2 Å². The Balaban J connectivity index is 2.29. The lowest BCUT2D eigenvalue weighted by Gasteiger charge is -2.08. The van der Waals surface area contributed by atoms with Gasteiger partial charge in [-0.2, -0.15) is 0 Å². The van der Waals surface area contributed by atoms with E-state index in [1.54, 1.807) is 7.11 Å². The molecule has 19 heavy (non-hydrogen) atoms. The van der Waals surface area contributed by atoms with E-state index in [0.29, 0.717) is 0 Å². The summed E-state index contributed by atoms with van der Waals surface area (Å²) >= 11 is 0.